The second kappa shape index (κ2) is 13.3. The molecule has 1 saturated heterocycles. The molecule has 1 fully saturated rings. The van der Waals surface area contributed by atoms with Crippen molar-refractivity contribution in [1.29, 1.82) is 0 Å². The first-order valence-electron chi connectivity index (χ1n) is 11.8. The Balaban J connectivity index is 0.000000532. The van der Waals surface area contributed by atoms with Crippen molar-refractivity contribution in [2.24, 2.45) is 4.99 Å². The van der Waals surface area contributed by atoms with Gasteiger partial charge in [0.25, 0.3) is 0 Å². The third kappa shape index (κ3) is 8.73. The monoisotopic (exact) mass is 546 g/mol. The second-order valence-electron chi connectivity index (χ2n) is 8.36. The van der Waals surface area contributed by atoms with Crippen LogP contribution in [0.25, 0.3) is 0 Å². The molecular weight excluding hydrogens is 520 g/mol. The van der Waals surface area contributed by atoms with E-state index in [1.54, 1.807) is 36.4 Å². The number of piperazine rings is 1. The Morgan fingerprint density at radius 1 is 0.846 bits per heavy atom. The lowest BCUT2D eigenvalue weighted by atomic mass is 10.2. The number of para-hydroxylation sites is 1. The summed E-state index contributed by atoms with van der Waals surface area (Å²) in [5.41, 5.74) is 2.71. The number of rotatable bonds is 5. The first-order valence-corrected chi connectivity index (χ1v) is 11.8. The number of hydrogen-bond acceptors (Lipinski definition) is 4. The smallest absolute Gasteiger partial charge is 0.478 e. The summed E-state index contributed by atoms with van der Waals surface area (Å²) in [6.07, 6.45) is -5.08. The highest BCUT2D eigenvalue weighted by molar-refractivity contribution is 5.95. The van der Waals surface area contributed by atoms with E-state index in [1.807, 2.05) is 41.3 Å². The Kier molecular flexibility index (Phi) is 9.85. The highest BCUT2D eigenvalue weighted by Gasteiger charge is 2.38. The summed E-state index contributed by atoms with van der Waals surface area (Å²) >= 11 is 0. The van der Waals surface area contributed by atoms with Crippen molar-refractivity contribution in [3.8, 4) is 0 Å². The molecule has 3 aromatic rings. The number of anilines is 2. The number of carboxylic acid groups (broad SMARTS) is 2. The van der Waals surface area contributed by atoms with Crippen LogP contribution in [-0.4, -0.2) is 65.4 Å². The Bertz CT molecular complexity index is 1280. The van der Waals surface area contributed by atoms with Crippen molar-refractivity contribution < 1.29 is 37.4 Å². The zero-order valence-corrected chi connectivity index (χ0v) is 20.6. The Hall–Kier alpha value is -4.61. The standard InChI is InChI=1S/C25H25FN4O2.C2HF3O2/c26-22-8-4-5-9-23(22)29-14-16-30(17-15-29)25(27-18-19-6-2-1-3-7-19)28-21-12-10-20(11-13-21)24(31)32;3-2(4,5)1(6)7/h1-13H,14-18H2,(H,27,28)(H,31,32);(H,6,7). The topological polar surface area (TPSA) is 105 Å². The molecule has 0 atom stereocenters. The Morgan fingerprint density at radius 2 is 1.41 bits per heavy atom. The second-order valence-corrected chi connectivity index (χ2v) is 8.36. The number of benzene rings is 3. The number of nitrogens with one attached hydrogen (secondary N) is 1. The minimum Gasteiger partial charge on any atom is -0.478 e. The van der Waals surface area contributed by atoms with Gasteiger partial charge in [0.2, 0.25) is 0 Å². The van der Waals surface area contributed by atoms with Crippen LogP contribution in [-0.2, 0) is 11.3 Å². The maximum atomic E-state index is 14.2. The van der Waals surface area contributed by atoms with E-state index >= 15 is 0 Å². The van der Waals surface area contributed by atoms with Crippen molar-refractivity contribution >= 4 is 29.3 Å². The van der Waals surface area contributed by atoms with E-state index in [9.17, 15) is 22.4 Å². The molecule has 12 heteroatoms. The molecule has 0 radical (unpaired) electrons. The average Bonchev–Trinajstić information content (AvgIpc) is 2.92. The van der Waals surface area contributed by atoms with E-state index in [2.05, 4.69) is 10.2 Å². The van der Waals surface area contributed by atoms with E-state index in [4.69, 9.17) is 20.0 Å². The largest absolute Gasteiger partial charge is 0.490 e. The number of halogens is 4. The zero-order valence-electron chi connectivity index (χ0n) is 20.6. The molecule has 0 spiro atoms. The first-order chi connectivity index (χ1) is 18.5. The number of aliphatic imine (C=N–C) groups is 1. The molecule has 39 heavy (non-hydrogen) atoms. The van der Waals surface area contributed by atoms with Gasteiger partial charge in [-0.15, -0.1) is 0 Å². The molecule has 0 unspecified atom stereocenters. The predicted octanol–water partition coefficient (Wildman–Crippen LogP) is 4.95. The van der Waals surface area contributed by atoms with Crippen LogP contribution in [0.1, 0.15) is 15.9 Å². The maximum Gasteiger partial charge on any atom is 0.490 e. The summed E-state index contributed by atoms with van der Waals surface area (Å²) in [6, 6.07) is 23.4. The average molecular weight is 547 g/mol. The van der Waals surface area contributed by atoms with Crippen LogP contribution in [0.5, 0.6) is 0 Å². The van der Waals surface area contributed by atoms with E-state index < -0.39 is 18.1 Å². The number of hydrogen-bond donors (Lipinski definition) is 3. The molecule has 3 N–H and O–H groups in total. The number of alkyl halides is 3. The minimum absolute atomic E-state index is 0.212. The van der Waals surface area contributed by atoms with Crippen LogP contribution in [0.3, 0.4) is 0 Å². The van der Waals surface area contributed by atoms with Crippen LogP contribution < -0.4 is 10.2 Å². The van der Waals surface area contributed by atoms with Gasteiger partial charge in [0.15, 0.2) is 5.96 Å². The van der Waals surface area contributed by atoms with Crippen LogP contribution >= 0.6 is 0 Å². The fraction of sp³-hybridized carbons (Fsp3) is 0.222. The van der Waals surface area contributed by atoms with E-state index in [0.717, 1.165) is 11.3 Å². The normalized spacial score (nSPS) is 13.8. The summed E-state index contributed by atoms with van der Waals surface area (Å²) in [7, 11) is 0. The van der Waals surface area contributed by atoms with Crippen molar-refractivity contribution in [3.63, 3.8) is 0 Å². The SMILES string of the molecule is O=C(O)C(F)(F)F.O=C(O)c1ccc(NC(=NCc2ccccc2)N2CCN(c3ccccc3F)CC2)cc1. The van der Waals surface area contributed by atoms with Crippen molar-refractivity contribution in [1.82, 2.24) is 4.90 Å². The number of carbonyl (C=O) groups is 2. The van der Waals surface area contributed by atoms with Crippen LogP contribution in [0.15, 0.2) is 83.9 Å². The molecule has 1 aliphatic rings. The molecule has 1 aliphatic heterocycles. The third-order valence-electron chi connectivity index (χ3n) is 5.66. The number of aromatic carboxylic acids is 1. The van der Waals surface area contributed by atoms with E-state index in [0.29, 0.717) is 44.4 Å². The van der Waals surface area contributed by atoms with Gasteiger partial charge in [-0.2, -0.15) is 13.2 Å². The highest BCUT2D eigenvalue weighted by Crippen LogP contribution is 2.21. The molecule has 0 bridgehead atoms. The summed E-state index contributed by atoms with van der Waals surface area (Å²) in [5.74, 6) is -3.22. The molecule has 0 aromatic heterocycles. The minimum atomic E-state index is -5.08. The molecule has 0 aliphatic carbocycles. The number of aliphatic carboxylic acids is 1. The van der Waals surface area contributed by atoms with Crippen molar-refractivity contribution in [2.75, 3.05) is 36.4 Å². The van der Waals surface area contributed by atoms with Gasteiger partial charge in [-0.3, -0.25) is 0 Å². The maximum absolute atomic E-state index is 14.2. The van der Waals surface area contributed by atoms with Crippen LogP contribution in [0, 0.1) is 5.82 Å². The molecule has 1 heterocycles. The summed E-state index contributed by atoms with van der Waals surface area (Å²) < 4.78 is 45.9. The van der Waals surface area contributed by atoms with Gasteiger partial charge in [-0.25, -0.2) is 19.0 Å². The molecule has 0 saturated carbocycles. The molecular formula is C27H26F4N4O4. The van der Waals surface area contributed by atoms with Crippen LogP contribution in [0.4, 0.5) is 28.9 Å². The number of guanidine groups is 1. The van der Waals surface area contributed by atoms with Crippen molar-refractivity contribution in [3.05, 3.63) is 95.8 Å². The molecule has 0 amide bonds. The highest BCUT2D eigenvalue weighted by atomic mass is 19.4. The molecule has 206 valence electrons. The van der Waals surface area contributed by atoms with Gasteiger partial charge < -0.3 is 25.3 Å². The van der Waals surface area contributed by atoms with E-state index in [-0.39, 0.29) is 11.4 Å². The molecule has 8 nitrogen and oxygen atoms in total. The van der Waals surface area contributed by atoms with Gasteiger partial charge in [-0.1, -0.05) is 42.5 Å². The summed E-state index contributed by atoms with van der Waals surface area (Å²) in [5, 5.41) is 19.6. The lowest BCUT2D eigenvalue weighted by molar-refractivity contribution is -0.192. The fourth-order valence-corrected chi connectivity index (χ4v) is 3.66. The lowest BCUT2D eigenvalue weighted by Gasteiger charge is -2.37. The Labute approximate surface area is 221 Å². The van der Waals surface area contributed by atoms with Gasteiger partial charge in [-0.05, 0) is 42.0 Å². The fourth-order valence-electron chi connectivity index (χ4n) is 3.66. The molecule has 4 rings (SSSR count). The van der Waals surface area contributed by atoms with E-state index in [1.165, 1.54) is 6.07 Å². The molecule has 3 aromatic carbocycles. The van der Waals surface area contributed by atoms with Gasteiger partial charge in [0, 0.05) is 31.9 Å². The van der Waals surface area contributed by atoms with Gasteiger partial charge in [0.1, 0.15) is 5.82 Å². The Morgan fingerprint density at radius 3 is 1.95 bits per heavy atom. The van der Waals surface area contributed by atoms with Crippen molar-refractivity contribution in [2.45, 2.75) is 12.7 Å². The first kappa shape index (κ1) is 29.0. The van der Waals surface area contributed by atoms with Gasteiger partial charge in [0.05, 0.1) is 17.8 Å². The third-order valence-corrected chi connectivity index (χ3v) is 5.66. The predicted molar refractivity (Wildman–Crippen MR) is 138 cm³/mol. The quantitative estimate of drug-likeness (QED) is 0.236. The van der Waals surface area contributed by atoms with Crippen LogP contribution in [0.2, 0.25) is 0 Å². The summed E-state index contributed by atoms with van der Waals surface area (Å²) in [6.45, 7) is 3.23. The van der Waals surface area contributed by atoms with Gasteiger partial charge >= 0.3 is 18.1 Å². The number of nitrogens with zero attached hydrogens (tertiary/aromatic N) is 3. The summed E-state index contributed by atoms with van der Waals surface area (Å²) in [4.78, 5) is 29.0. The lowest BCUT2D eigenvalue weighted by Crippen LogP contribution is -2.51. The zero-order chi connectivity index (χ0) is 28.4. The number of carboxylic acids is 2.